The quantitative estimate of drug-likeness (QED) is 0.352. The van der Waals surface area contributed by atoms with Crippen LogP contribution in [0.3, 0.4) is 0 Å². The molecule has 1 aromatic carbocycles. The number of nitrogens with one attached hydrogen (secondary N) is 1. The van der Waals surface area contributed by atoms with Gasteiger partial charge in [-0.15, -0.1) is 0 Å². The first kappa shape index (κ1) is 21.8. The molecule has 0 aliphatic carbocycles. The lowest BCUT2D eigenvalue weighted by molar-refractivity contribution is -0.148. The summed E-state index contributed by atoms with van der Waals surface area (Å²) < 4.78 is 11.2. The molecule has 0 bridgehead atoms. The highest BCUT2D eigenvalue weighted by Crippen LogP contribution is 2.24. The van der Waals surface area contributed by atoms with Crippen LogP contribution in [-0.2, 0) is 19.1 Å². The van der Waals surface area contributed by atoms with Crippen LogP contribution in [0.15, 0.2) is 30.4 Å². The van der Waals surface area contributed by atoms with Crippen molar-refractivity contribution in [3.05, 3.63) is 38.9 Å². The van der Waals surface area contributed by atoms with Crippen molar-refractivity contribution >= 4 is 51.8 Å². The van der Waals surface area contributed by atoms with Crippen LogP contribution in [0.25, 0.3) is 0 Å². The molecule has 0 amide bonds. The zero-order valence-corrected chi connectivity index (χ0v) is 17.7. The molecule has 25 heavy (non-hydrogen) atoms. The van der Waals surface area contributed by atoms with Gasteiger partial charge in [0.25, 0.3) is 0 Å². The van der Waals surface area contributed by atoms with Crippen molar-refractivity contribution < 1.29 is 19.1 Å². The fourth-order valence-corrected chi connectivity index (χ4v) is 2.55. The van der Waals surface area contributed by atoms with Crippen molar-refractivity contribution in [2.75, 3.05) is 11.9 Å². The number of ether oxygens (including phenoxy) is 2. The predicted octanol–water partition coefficient (Wildman–Crippen LogP) is 4.58. The van der Waals surface area contributed by atoms with Gasteiger partial charge in [-0.2, -0.15) is 0 Å². The van der Waals surface area contributed by atoms with E-state index in [1.54, 1.807) is 45.9 Å². The topological polar surface area (TPSA) is 64.6 Å². The summed E-state index contributed by atoms with van der Waals surface area (Å²) in [5, 5.41) is 3.69. The van der Waals surface area contributed by atoms with E-state index in [0.29, 0.717) is 5.02 Å². The van der Waals surface area contributed by atoms with E-state index in [0.717, 1.165) is 9.26 Å². The van der Waals surface area contributed by atoms with Crippen LogP contribution >= 0.6 is 34.2 Å². The van der Waals surface area contributed by atoms with Gasteiger partial charge in [-0.25, -0.2) is 9.59 Å². The molecule has 0 saturated heterocycles. The Balaban J connectivity index is 2.82. The Hall–Kier alpha value is -1.28. The zero-order chi connectivity index (χ0) is 19.0. The molecule has 7 heteroatoms. The number of hydrogen-bond acceptors (Lipinski definition) is 5. The monoisotopic (exact) mass is 479 g/mol. The number of anilines is 1. The summed E-state index contributed by atoms with van der Waals surface area (Å²) in [5.41, 5.74) is 0.175. The van der Waals surface area contributed by atoms with Gasteiger partial charge in [0.05, 0.1) is 6.61 Å². The normalized spacial score (nSPS) is 12.7. The smallest absolute Gasteiger partial charge is 0.330 e. The van der Waals surface area contributed by atoms with Gasteiger partial charge in [0.1, 0.15) is 11.6 Å². The minimum absolute atomic E-state index is 0.277. The Bertz CT molecular complexity index is 640. The fourth-order valence-electron chi connectivity index (χ4n) is 1.89. The van der Waals surface area contributed by atoms with Gasteiger partial charge in [0.15, 0.2) is 0 Å². The van der Waals surface area contributed by atoms with Crippen LogP contribution in [0, 0.1) is 3.57 Å². The fraction of sp³-hybridized carbons (Fsp3) is 0.444. The summed E-state index contributed by atoms with van der Waals surface area (Å²) in [6, 6.07) is 4.73. The van der Waals surface area contributed by atoms with Crippen molar-refractivity contribution in [2.24, 2.45) is 0 Å². The first-order valence-corrected chi connectivity index (χ1v) is 9.35. The number of halogens is 2. The minimum atomic E-state index is -0.634. The van der Waals surface area contributed by atoms with Crippen molar-refractivity contribution in [2.45, 2.75) is 45.8 Å². The van der Waals surface area contributed by atoms with E-state index >= 15 is 0 Å². The summed E-state index contributed by atoms with van der Waals surface area (Å²) >= 11 is 8.17. The number of rotatable bonds is 7. The molecule has 0 saturated carbocycles. The standard InChI is InChI=1S/C18H23ClINO4/c1-5-24-17(23)14(7-6-8-16(22)25-18(2,3)4)21-15-11-12(19)9-10-13(15)20/h6,8-11,14,21H,5,7H2,1-4H3/b8-6-. The molecule has 1 unspecified atom stereocenters. The van der Waals surface area contributed by atoms with Gasteiger partial charge in [0, 0.05) is 20.4 Å². The van der Waals surface area contributed by atoms with Gasteiger partial charge >= 0.3 is 11.9 Å². The number of benzene rings is 1. The molecule has 0 aliphatic heterocycles. The molecular weight excluding hydrogens is 457 g/mol. The third kappa shape index (κ3) is 8.58. The van der Waals surface area contributed by atoms with E-state index in [1.165, 1.54) is 6.08 Å². The second kappa shape index (κ2) is 10.0. The maximum atomic E-state index is 12.2. The average molecular weight is 480 g/mol. The van der Waals surface area contributed by atoms with E-state index < -0.39 is 23.6 Å². The highest BCUT2D eigenvalue weighted by Gasteiger charge is 2.20. The molecule has 138 valence electrons. The minimum Gasteiger partial charge on any atom is -0.464 e. The highest BCUT2D eigenvalue weighted by atomic mass is 127. The van der Waals surface area contributed by atoms with E-state index in [2.05, 4.69) is 27.9 Å². The van der Waals surface area contributed by atoms with E-state index in [4.69, 9.17) is 21.1 Å². The zero-order valence-electron chi connectivity index (χ0n) is 14.8. The Labute approximate surface area is 167 Å². The second-order valence-corrected chi connectivity index (χ2v) is 7.84. The van der Waals surface area contributed by atoms with Crippen LogP contribution in [0.1, 0.15) is 34.1 Å². The first-order valence-electron chi connectivity index (χ1n) is 7.90. The van der Waals surface area contributed by atoms with Crippen molar-refractivity contribution in [1.82, 2.24) is 0 Å². The van der Waals surface area contributed by atoms with Gasteiger partial charge in [-0.05, 0) is 74.9 Å². The summed E-state index contributed by atoms with van der Waals surface area (Å²) in [4.78, 5) is 23.9. The lowest BCUT2D eigenvalue weighted by Crippen LogP contribution is -2.31. The summed E-state index contributed by atoms with van der Waals surface area (Å²) in [6.07, 6.45) is 3.20. The molecule has 1 N–H and O–H groups in total. The van der Waals surface area contributed by atoms with Crippen molar-refractivity contribution in [3.63, 3.8) is 0 Å². The van der Waals surface area contributed by atoms with Crippen LogP contribution in [0.5, 0.6) is 0 Å². The molecule has 0 radical (unpaired) electrons. The van der Waals surface area contributed by atoms with Gasteiger partial charge in [-0.1, -0.05) is 17.7 Å². The summed E-state index contributed by atoms with van der Waals surface area (Å²) in [6.45, 7) is 7.41. The summed E-state index contributed by atoms with van der Waals surface area (Å²) in [7, 11) is 0. The highest BCUT2D eigenvalue weighted by molar-refractivity contribution is 14.1. The Morgan fingerprint density at radius 3 is 2.64 bits per heavy atom. The van der Waals surface area contributed by atoms with Gasteiger partial charge in [0.2, 0.25) is 0 Å². The molecule has 1 atom stereocenters. The lowest BCUT2D eigenvalue weighted by Gasteiger charge is -2.19. The summed E-state index contributed by atoms with van der Waals surface area (Å²) in [5.74, 6) is -0.848. The Morgan fingerprint density at radius 2 is 2.04 bits per heavy atom. The number of hydrogen-bond donors (Lipinski definition) is 1. The van der Waals surface area contributed by atoms with E-state index in [9.17, 15) is 9.59 Å². The van der Waals surface area contributed by atoms with Crippen molar-refractivity contribution in [1.29, 1.82) is 0 Å². The number of carbonyl (C=O) groups is 2. The maximum absolute atomic E-state index is 12.2. The number of esters is 2. The molecule has 1 aromatic rings. The van der Waals surface area contributed by atoms with Crippen LogP contribution in [-0.4, -0.2) is 30.2 Å². The van der Waals surface area contributed by atoms with Gasteiger partial charge < -0.3 is 14.8 Å². The molecule has 5 nitrogen and oxygen atoms in total. The third-order valence-electron chi connectivity index (χ3n) is 2.86. The maximum Gasteiger partial charge on any atom is 0.330 e. The third-order valence-corrected chi connectivity index (χ3v) is 4.04. The largest absolute Gasteiger partial charge is 0.464 e. The molecule has 0 heterocycles. The molecule has 0 aliphatic rings. The SMILES string of the molecule is CCOC(=O)C(C/C=C\C(=O)OC(C)(C)C)Nc1cc(Cl)ccc1I. The molecule has 1 rings (SSSR count). The average Bonchev–Trinajstić information content (AvgIpc) is 2.48. The Kier molecular flexibility index (Phi) is 8.71. The van der Waals surface area contributed by atoms with Gasteiger partial charge in [-0.3, -0.25) is 0 Å². The molecular formula is C18H23ClINO4. The predicted molar refractivity (Wildman–Crippen MR) is 108 cm³/mol. The molecule has 0 spiro atoms. The molecule has 0 aromatic heterocycles. The van der Waals surface area contributed by atoms with E-state index in [-0.39, 0.29) is 13.0 Å². The van der Waals surface area contributed by atoms with Crippen molar-refractivity contribution in [3.8, 4) is 0 Å². The van der Waals surface area contributed by atoms with Crippen LogP contribution in [0.4, 0.5) is 5.69 Å². The lowest BCUT2D eigenvalue weighted by atomic mass is 10.1. The number of carbonyl (C=O) groups excluding carboxylic acids is 2. The second-order valence-electron chi connectivity index (χ2n) is 6.24. The van der Waals surface area contributed by atoms with Crippen LogP contribution in [0.2, 0.25) is 5.02 Å². The Morgan fingerprint density at radius 1 is 1.36 bits per heavy atom. The first-order chi connectivity index (χ1) is 11.6. The van der Waals surface area contributed by atoms with Crippen LogP contribution < -0.4 is 5.32 Å². The molecule has 0 fully saturated rings. The van der Waals surface area contributed by atoms with E-state index in [1.807, 2.05) is 6.07 Å².